The second-order valence-electron chi connectivity index (χ2n) is 5.31. The number of rotatable bonds is 5. The molecule has 0 bridgehead atoms. The number of imidazole rings is 1. The Kier molecular flexibility index (Phi) is 3.74. The van der Waals surface area contributed by atoms with Gasteiger partial charge >= 0.3 is 0 Å². The Hall–Kier alpha value is -2.15. The van der Waals surface area contributed by atoms with Crippen LogP contribution in [0, 0.1) is 5.92 Å². The first-order valence-corrected chi connectivity index (χ1v) is 7.26. The van der Waals surface area contributed by atoms with Gasteiger partial charge in [0.05, 0.1) is 12.4 Å². The van der Waals surface area contributed by atoms with Gasteiger partial charge in [0.1, 0.15) is 0 Å². The highest BCUT2D eigenvalue weighted by atomic mass is 16.3. The molecule has 2 aromatic rings. The Labute approximate surface area is 122 Å². The third-order valence-corrected chi connectivity index (χ3v) is 3.72. The lowest BCUT2D eigenvalue weighted by Gasteiger charge is -2.13. The number of hydrogen-bond donors (Lipinski definition) is 3. The third-order valence-electron chi connectivity index (χ3n) is 3.72. The van der Waals surface area contributed by atoms with Crippen molar-refractivity contribution in [2.45, 2.75) is 25.8 Å². The number of aliphatic hydroxyl groups is 1. The molecule has 1 aliphatic carbocycles. The van der Waals surface area contributed by atoms with Crippen LogP contribution >= 0.6 is 0 Å². The maximum Gasteiger partial charge on any atom is 0.224 e. The Morgan fingerprint density at radius 3 is 3.00 bits per heavy atom. The third kappa shape index (κ3) is 2.56. The van der Waals surface area contributed by atoms with E-state index in [1.54, 1.807) is 6.33 Å². The Morgan fingerprint density at radius 1 is 1.43 bits per heavy atom. The van der Waals surface area contributed by atoms with E-state index in [4.69, 9.17) is 5.73 Å². The second kappa shape index (κ2) is 5.69. The standard InChI is InChI=1S/C14H20N6O/c1-2-5-16-12-11-13(19-14(15)18-12)20(8-17-11)10-4-3-9(6-10)7-21/h3-4,8-10,21H,2,5-7H2,1H3,(H3,15,16,18,19)/t9-,10+/m1/s1. The van der Waals surface area contributed by atoms with Crippen molar-refractivity contribution in [1.82, 2.24) is 19.5 Å². The molecule has 3 rings (SSSR count). The van der Waals surface area contributed by atoms with Crippen LogP contribution < -0.4 is 11.1 Å². The van der Waals surface area contributed by atoms with E-state index in [0.717, 1.165) is 30.6 Å². The number of aromatic nitrogens is 4. The molecule has 21 heavy (non-hydrogen) atoms. The summed E-state index contributed by atoms with van der Waals surface area (Å²) in [5, 5.41) is 12.5. The number of aliphatic hydroxyl groups excluding tert-OH is 1. The summed E-state index contributed by atoms with van der Waals surface area (Å²) in [6, 6.07) is 0.153. The number of anilines is 2. The molecule has 0 aromatic carbocycles. The number of hydrogen-bond acceptors (Lipinski definition) is 6. The van der Waals surface area contributed by atoms with Crippen molar-refractivity contribution in [3.8, 4) is 0 Å². The van der Waals surface area contributed by atoms with Gasteiger partial charge in [0.25, 0.3) is 0 Å². The fraction of sp³-hybridized carbons (Fsp3) is 0.500. The van der Waals surface area contributed by atoms with Gasteiger partial charge in [-0.05, 0) is 12.8 Å². The van der Waals surface area contributed by atoms with Gasteiger partial charge < -0.3 is 20.7 Å². The second-order valence-corrected chi connectivity index (χ2v) is 5.31. The van der Waals surface area contributed by atoms with E-state index in [2.05, 4.69) is 33.3 Å². The van der Waals surface area contributed by atoms with Crippen molar-refractivity contribution in [3.63, 3.8) is 0 Å². The number of nitrogens with zero attached hydrogens (tertiary/aromatic N) is 4. The van der Waals surface area contributed by atoms with Crippen LogP contribution in [0.5, 0.6) is 0 Å². The lowest BCUT2D eigenvalue weighted by molar-refractivity contribution is 0.244. The van der Waals surface area contributed by atoms with Crippen LogP contribution in [0.1, 0.15) is 25.8 Å². The molecule has 0 fully saturated rings. The maximum absolute atomic E-state index is 9.25. The first-order valence-electron chi connectivity index (χ1n) is 7.26. The zero-order valence-electron chi connectivity index (χ0n) is 12.0. The number of nitrogens with one attached hydrogen (secondary N) is 1. The van der Waals surface area contributed by atoms with E-state index in [9.17, 15) is 5.11 Å². The fourth-order valence-electron chi connectivity index (χ4n) is 2.64. The lowest BCUT2D eigenvalue weighted by Crippen LogP contribution is -2.10. The van der Waals surface area contributed by atoms with E-state index >= 15 is 0 Å². The smallest absolute Gasteiger partial charge is 0.224 e. The van der Waals surface area contributed by atoms with Crippen LogP contribution in [0.3, 0.4) is 0 Å². The largest absolute Gasteiger partial charge is 0.396 e. The van der Waals surface area contributed by atoms with E-state index < -0.39 is 0 Å². The molecule has 0 unspecified atom stereocenters. The Morgan fingerprint density at radius 2 is 2.29 bits per heavy atom. The van der Waals surface area contributed by atoms with E-state index in [1.807, 2.05) is 10.6 Å². The van der Waals surface area contributed by atoms with Crippen LogP contribution in [-0.4, -0.2) is 37.8 Å². The Balaban J connectivity index is 1.98. The lowest BCUT2D eigenvalue weighted by atomic mass is 10.1. The zero-order valence-corrected chi connectivity index (χ0v) is 12.0. The minimum atomic E-state index is 0.153. The summed E-state index contributed by atoms with van der Waals surface area (Å²) in [4.78, 5) is 13.0. The number of allylic oxidation sites excluding steroid dienone is 1. The Bertz CT molecular complexity index is 665. The van der Waals surface area contributed by atoms with Crippen molar-refractivity contribution in [2.24, 2.45) is 5.92 Å². The van der Waals surface area contributed by atoms with Crippen molar-refractivity contribution in [1.29, 1.82) is 0 Å². The topological polar surface area (TPSA) is 102 Å². The predicted octanol–water partition coefficient (Wildman–Crippen LogP) is 1.34. The summed E-state index contributed by atoms with van der Waals surface area (Å²) in [5.41, 5.74) is 7.28. The van der Waals surface area contributed by atoms with Crippen molar-refractivity contribution in [2.75, 3.05) is 24.2 Å². The van der Waals surface area contributed by atoms with Gasteiger partial charge in [-0.25, -0.2) is 4.98 Å². The molecular weight excluding hydrogens is 268 g/mol. The molecule has 4 N–H and O–H groups in total. The summed E-state index contributed by atoms with van der Waals surface area (Å²) in [5.74, 6) is 1.12. The molecule has 2 aromatic heterocycles. The highest BCUT2D eigenvalue weighted by Gasteiger charge is 2.22. The summed E-state index contributed by atoms with van der Waals surface area (Å²) < 4.78 is 2.00. The van der Waals surface area contributed by atoms with Gasteiger partial charge in [-0.15, -0.1) is 0 Å². The normalized spacial score (nSPS) is 21.2. The molecule has 0 aliphatic heterocycles. The van der Waals surface area contributed by atoms with E-state index in [0.29, 0.717) is 5.82 Å². The molecule has 0 saturated heterocycles. The van der Waals surface area contributed by atoms with Crippen molar-refractivity contribution >= 4 is 22.9 Å². The monoisotopic (exact) mass is 288 g/mol. The zero-order chi connectivity index (χ0) is 14.8. The van der Waals surface area contributed by atoms with Gasteiger partial charge in [0.15, 0.2) is 17.0 Å². The molecule has 0 amide bonds. The molecule has 0 saturated carbocycles. The highest BCUT2D eigenvalue weighted by Crippen LogP contribution is 2.31. The molecule has 7 heteroatoms. The molecule has 0 radical (unpaired) electrons. The van der Waals surface area contributed by atoms with Crippen molar-refractivity contribution in [3.05, 3.63) is 18.5 Å². The molecule has 0 spiro atoms. The molecule has 2 atom stereocenters. The van der Waals surface area contributed by atoms with Crippen LogP contribution in [0.15, 0.2) is 18.5 Å². The molecule has 2 heterocycles. The van der Waals surface area contributed by atoms with Crippen LogP contribution in [-0.2, 0) is 0 Å². The molecular formula is C14H20N6O. The summed E-state index contributed by atoms with van der Waals surface area (Å²) in [6.45, 7) is 3.07. The minimum absolute atomic E-state index is 0.153. The highest BCUT2D eigenvalue weighted by molar-refractivity contribution is 5.84. The summed E-state index contributed by atoms with van der Waals surface area (Å²) in [7, 11) is 0. The van der Waals surface area contributed by atoms with Crippen LogP contribution in [0.25, 0.3) is 11.2 Å². The first kappa shape index (κ1) is 13.8. The number of fused-ring (bicyclic) bond motifs is 1. The van der Waals surface area contributed by atoms with Gasteiger partial charge in [-0.1, -0.05) is 19.1 Å². The quantitative estimate of drug-likeness (QED) is 0.718. The van der Waals surface area contributed by atoms with Crippen LogP contribution in [0.4, 0.5) is 11.8 Å². The van der Waals surface area contributed by atoms with Gasteiger partial charge in [0.2, 0.25) is 5.95 Å². The molecule has 112 valence electrons. The first-order chi connectivity index (χ1) is 10.2. The van der Waals surface area contributed by atoms with E-state index in [-0.39, 0.29) is 24.5 Å². The summed E-state index contributed by atoms with van der Waals surface area (Å²) >= 11 is 0. The molecule has 7 nitrogen and oxygen atoms in total. The van der Waals surface area contributed by atoms with E-state index in [1.165, 1.54) is 0 Å². The molecule has 1 aliphatic rings. The average Bonchev–Trinajstić information content (AvgIpc) is 3.10. The van der Waals surface area contributed by atoms with Gasteiger partial charge in [-0.3, -0.25) is 0 Å². The fourth-order valence-corrected chi connectivity index (χ4v) is 2.64. The minimum Gasteiger partial charge on any atom is -0.396 e. The number of nitrogen functional groups attached to an aromatic ring is 1. The SMILES string of the molecule is CCCNc1nc(N)nc2c1ncn2[C@H]1C=C[C@@H](CO)C1. The predicted molar refractivity (Wildman–Crippen MR) is 81.9 cm³/mol. The van der Waals surface area contributed by atoms with Gasteiger partial charge in [-0.2, -0.15) is 9.97 Å². The number of nitrogens with two attached hydrogens (primary N) is 1. The van der Waals surface area contributed by atoms with Crippen LogP contribution in [0.2, 0.25) is 0 Å². The average molecular weight is 288 g/mol. The summed E-state index contributed by atoms with van der Waals surface area (Å²) in [6.07, 6.45) is 7.74. The maximum atomic E-state index is 9.25. The van der Waals surface area contributed by atoms with Crippen molar-refractivity contribution < 1.29 is 5.11 Å². The van der Waals surface area contributed by atoms with Gasteiger partial charge in [0, 0.05) is 19.1 Å².